The van der Waals surface area contributed by atoms with Gasteiger partial charge < -0.3 is 10.1 Å². The molecule has 0 saturated heterocycles. The van der Waals surface area contributed by atoms with E-state index < -0.39 is 5.25 Å². The van der Waals surface area contributed by atoms with E-state index in [-0.39, 0.29) is 11.5 Å². The molecular formula is C19H21N3O3S2. The number of carbonyl (C=O) groups excluding carboxylic acids is 1. The monoisotopic (exact) mass is 403 g/mol. The number of amides is 1. The fraction of sp³-hybridized carbons (Fsp3) is 0.316. The van der Waals surface area contributed by atoms with E-state index in [0.717, 1.165) is 10.4 Å². The van der Waals surface area contributed by atoms with Crippen molar-refractivity contribution in [3.8, 4) is 5.75 Å². The molecule has 0 aliphatic rings. The van der Waals surface area contributed by atoms with E-state index in [1.165, 1.54) is 27.7 Å². The van der Waals surface area contributed by atoms with Gasteiger partial charge in [-0.25, -0.2) is 4.98 Å². The van der Waals surface area contributed by atoms with E-state index in [4.69, 9.17) is 4.74 Å². The number of nitrogens with zero attached hydrogens (tertiary/aromatic N) is 2. The smallest absolute Gasteiger partial charge is 0.262 e. The van der Waals surface area contributed by atoms with Gasteiger partial charge in [-0.2, -0.15) is 0 Å². The van der Waals surface area contributed by atoms with Gasteiger partial charge in [-0.1, -0.05) is 23.9 Å². The van der Waals surface area contributed by atoms with Gasteiger partial charge in [0.1, 0.15) is 10.6 Å². The number of fused-ring (bicyclic) bond motifs is 1. The SMILES string of the molecule is COc1ccccc1NC(=O)[C@H](C)Sc1nc2sc(C)c(C)c2c(=O)n1C. The molecule has 0 aliphatic carbocycles. The maximum atomic E-state index is 12.7. The Labute approximate surface area is 165 Å². The summed E-state index contributed by atoms with van der Waals surface area (Å²) in [5.41, 5.74) is 1.50. The lowest BCUT2D eigenvalue weighted by Gasteiger charge is -2.15. The number of thioether (sulfide) groups is 1. The lowest BCUT2D eigenvalue weighted by Crippen LogP contribution is -2.25. The van der Waals surface area contributed by atoms with Crippen molar-refractivity contribution < 1.29 is 9.53 Å². The number of aryl methyl sites for hydroxylation is 2. The van der Waals surface area contributed by atoms with Crippen LogP contribution in [0.1, 0.15) is 17.4 Å². The number of para-hydroxylation sites is 2. The second kappa shape index (κ2) is 7.74. The van der Waals surface area contributed by atoms with Crippen LogP contribution in [0.5, 0.6) is 5.75 Å². The number of anilines is 1. The summed E-state index contributed by atoms with van der Waals surface area (Å²) < 4.78 is 6.78. The molecule has 1 atom stereocenters. The zero-order chi connectivity index (χ0) is 19.7. The fourth-order valence-electron chi connectivity index (χ4n) is 2.66. The Hall–Kier alpha value is -2.32. The van der Waals surface area contributed by atoms with Gasteiger partial charge in [-0.15, -0.1) is 11.3 Å². The molecule has 142 valence electrons. The molecule has 0 spiro atoms. The van der Waals surface area contributed by atoms with Crippen molar-refractivity contribution >= 4 is 44.9 Å². The first-order valence-electron chi connectivity index (χ1n) is 8.40. The van der Waals surface area contributed by atoms with E-state index >= 15 is 0 Å². The van der Waals surface area contributed by atoms with E-state index in [0.29, 0.717) is 26.8 Å². The summed E-state index contributed by atoms with van der Waals surface area (Å²) in [6.45, 7) is 5.71. The van der Waals surface area contributed by atoms with E-state index in [1.54, 1.807) is 33.2 Å². The third kappa shape index (κ3) is 3.72. The van der Waals surface area contributed by atoms with Gasteiger partial charge in [0, 0.05) is 11.9 Å². The highest BCUT2D eigenvalue weighted by Gasteiger charge is 2.21. The molecule has 0 fully saturated rings. The molecule has 3 rings (SSSR count). The first kappa shape index (κ1) is 19.4. The third-order valence-electron chi connectivity index (χ3n) is 4.39. The van der Waals surface area contributed by atoms with Gasteiger partial charge in [0.15, 0.2) is 5.16 Å². The molecule has 2 aromatic heterocycles. The highest BCUT2D eigenvalue weighted by Crippen LogP contribution is 2.30. The van der Waals surface area contributed by atoms with E-state index in [9.17, 15) is 9.59 Å². The van der Waals surface area contributed by atoms with Crippen LogP contribution in [0.4, 0.5) is 5.69 Å². The van der Waals surface area contributed by atoms with Crippen molar-refractivity contribution in [2.45, 2.75) is 31.2 Å². The van der Waals surface area contributed by atoms with Crippen LogP contribution in [0.25, 0.3) is 10.2 Å². The first-order valence-corrected chi connectivity index (χ1v) is 10.1. The minimum atomic E-state index is -0.437. The minimum absolute atomic E-state index is 0.0818. The number of aromatic nitrogens is 2. The molecule has 1 amide bonds. The Bertz CT molecular complexity index is 1070. The molecule has 0 aliphatic heterocycles. The maximum absolute atomic E-state index is 12.7. The number of benzene rings is 1. The quantitative estimate of drug-likeness (QED) is 0.519. The summed E-state index contributed by atoms with van der Waals surface area (Å²) in [7, 11) is 3.25. The van der Waals surface area contributed by atoms with Gasteiger partial charge in [-0.3, -0.25) is 14.2 Å². The Kier molecular flexibility index (Phi) is 5.57. The second-order valence-corrected chi connectivity index (χ2v) is 8.68. The number of hydrogen-bond acceptors (Lipinski definition) is 6. The molecule has 0 saturated carbocycles. The summed E-state index contributed by atoms with van der Waals surface area (Å²) in [6, 6.07) is 7.24. The zero-order valence-corrected chi connectivity index (χ0v) is 17.5. The van der Waals surface area contributed by atoms with Crippen LogP contribution in [0.15, 0.2) is 34.2 Å². The topological polar surface area (TPSA) is 73.2 Å². The van der Waals surface area contributed by atoms with Gasteiger partial charge in [0.2, 0.25) is 5.91 Å². The average molecular weight is 404 g/mol. The minimum Gasteiger partial charge on any atom is -0.495 e. The molecule has 8 heteroatoms. The molecule has 1 aromatic carbocycles. The normalized spacial score (nSPS) is 12.2. The van der Waals surface area contributed by atoms with Gasteiger partial charge in [-0.05, 0) is 38.5 Å². The zero-order valence-electron chi connectivity index (χ0n) is 15.8. The van der Waals surface area contributed by atoms with Gasteiger partial charge >= 0.3 is 0 Å². The highest BCUT2D eigenvalue weighted by atomic mass is 32.2. The summed E-state index contributed by atoms with van der Waals surface area (Å²) >= 11 is 2.76. The number of methoxy groups -OCH3 is 1. The average Bonchev–Trinajstić information content (AvgIpc) is 2.93. The second-order valence-electron chi connectivity index (χ2n) is 6.17. The number of carbonyl (C=O) groups is 1. The number of thiophene rings is 1. The summed E-state index contributed by atoms with van der Waals surface area (Å²) in [4.78, 5) is 31.7. The van der Waals surface area contributed by atoms with Crippen LogP contribution < -0.4 is 15.6 Å². The van der Waals surface area contributed by atoms with Crippen LogP contribution in [0.2, 0.25) is 0 Å². The lowest BCUT2D eigenvalue weighted by molar-refractivity contribution is -0.115. The summed E-state index contributed by atoms with van der Waals surface area (Å²) in [5.74, 6) is 0.414. The van der Waals surface area contributed by atoms with Crippen LogP contribution >= 0.6 is 23.1 Å². The lowest BCUT2D eigenvalue weighted by atomic mass is 10.2. The largest absolute Gasteiger partial charge is 0.495 e. The molecule has 1 N–H and O–H groups in total. The van der Waals surface area contributed by atoms with Crippen molar-refractivity contribution in [3.05, 3.63) is 45.1 Å². The van der Waals surface area contributed by atoms with Crippen molar-refractivity contribution in [2.75, 3.05) is 12.4 Å². The third-order valence-corrected chi connectivity index (χ3v) is 6.63. The fourth-order valence-corrected chi connectivity index (χ4v) is 4.60. The molecule has 0 radical (unpaired) electrons. The highest BCUT2D eigenvalue weighted by molar-refractivity contribution is 8.00. The van der Waals surface area contributed by atoms with Crippen LogP contribution in [-0.2, 0) is 11.8 Å². The maximum Gasteiger partial charge on any atom is 0.262 e. The van der Waals surface area contributed by atoms with Gasteiger partial charge in [0.05, 0.1) is 23.4 Å². The van der Waals surface area contributed by atoms with Crippen molar-refractivity contribution in [2.24, 2.45) is 7.05 Å². The number of rotatable bonds is 5. The first-order chi connectivity index (χ1) is 12.8. The Morgan fingerprint density at radius 3 is 2.74 bits per heavy atom. The predicted octanol–water partition coefficient (Wildman–Crippen LogP) is 3.74. The molecule has 0 unspecified atom stereocenters. The predicted molar refractivity (Wildman–Crippen MR) is 111 cm³/mol. The summed E-state index contributed by atoms with van der Waals surface area (Å²) in [5, 5.41) is 3.62. The molecule has 3 aromatic rings. The van der Waals surface area contributed by atoms with Crippen molar-refractivity contribution in [1.29, 1.82) is 0 Å². The Balaban J connectivity index is 1.85. The Morgan fingerprint density at radius 1 is 1.33 bits per heavy atom. The van der Waals surface area contributed by atoms with Crippen LogP contribution in [-0.4, -0.2) is 27.8 Å². The van der Waals surface area contributed by atoms with Gasteiger partial charge in [0.25, 0.3) is 5.56 Å². The summed E-state index contributed by atoms with van der Waals surface area (Å²) in [6.07, 6.45) is 0. The number of hydrogen-bond donors (Lipinski definition) is 1. The van der Waals surface area contributed by atoms with Crippen LogP contribution in [0.3, 0.4) is 0 Å². The molecule has 27 heavy (non-hydrogen) atoms. The number of ether oxygens (including phenoxy) is 1. The van der Waals surface area contributed by atoms with Crippen LogP contribution in [0, 0.1) is 13.8 Å². The van der Waals surface area contributed by atoms with Crippen molar-refractivity contribution in [3.63, 3.8) is 0 Å². The standard InChI is InChI=1S/C19H21N3O3S2/c1-10-11(2)26-17-15(10)18(24)22(4)19(21-17)27-12(3)16(23)20-13-8-6-7-9-14(13)25-5/h6-9,12H,1-5H3,(H,20,23)/t12-/m0/s1. The molecular weight excluding hydrogens is 382 g/mol. The molecule has 6 nitrogen and oxygen atoms in total. The Morgan fingerprint density at radius 2 is 2.04 bits per heavy atom. The van der Waals surface area contributed by atoms with E-state index in [2.05, 4.69) is 10.3 Å². The molecule has 2 heterocycles. The molecule has 0 bridgehead atoms. The number of nitrogens with one attached hydrogen (secondary N) is 1. The van der Waals surface area contributed by atoms with E-state index in [1.807, 2.05) is 26.0 Å². The van der Waals surface area contributed by atoms with Crippen molar-refractivity contribution in [1.82, 2.24) is 9.55 Å².